The van der Waals surface area contributed by atoms with Crippen molar-refractivity contribution in [3.8, 4) is 11.8 Å². The molecular formula is C29H30N4O4. The SMILES string of the molecule is NC[C@H](NC(=O)c1ccc(C#Cc2ccc(NC(=O)CCCCc3ccccn3)cc2)cc1)C(=O)CO. The number of benzene rings is 2. The highest BCUT2D eigenvalue weighted by Gasteiger charge is 2.18. The maximum atomic E-state index is 12.3. The number of hydrogen-bond acceptors (Lipinski definition) is 6. The van der Waals surface area contributed by atoms with E-state index in [-0.39, 0.29) is 12.5 Å². The molecule has 3 rings (SSSR count). The molecule has 8 heteroatoms. The Kier molecular flexibility index (Phi) is 10.5. The van der Waals surface area contributed by atoms with E-state index in [0.29, 0.717) is 23.2 Å². The third kappa shape index (κ3) is 9.00. The van der Waals surface area contributed by atoms with Crippen molar-refractivity contribution in [1.29, 1.82) is 0 Å². The van der Waals surface area contributed by atoms with Gasteiger partial charge in [-0.25, -0.2) is 0 Å². The standard InChI is InChI=1S/C29H30N4O4/c30-19-26(27(35)20-34)33-29(37)23-14-10-21(11-15-23)8-9-22-12-16-25(17-13-22)32-28(36)7-2-1-5-24-6-3-4-18-31-24/h3-4,6,10-18,26,34H,1-2,5,7,19-20,30H2,(H,32,36)(H,33,37)/t26-/m0/s1. The van der Waals surface area contributed by atoms with E-state index in [1.165, 1.54) is 0 Å². The molecule has 1 atom stereocenters. The zero-order chi connectivity index (χ0) is 26.5. The number of aliphatic hydroxyl groups excluding tert-OH is 1. The van der Waals surface area contributed by atoms with Crippen molar-refractivity contribution in [3.05, 3.63) is 95.3 Å². The number of hydrogen-bond donors (Lipinski definition) is 4. The molecule has 2 aromatic carbocycles. The van der Waals surface area contributed by atoms with Gasteiger partial charge >= 0.3 is 0 Å². The Hall–Kier alpha value is -4.32. The van der Waals surface area contributed by atoms with E-state index in [1.54, 1.807) is 30.5 Å². The number of nitrogens with one attached hydrogen (secondary N) is 2. The van der Waals surface area contributed by atoms with E-state index in [1.807, 2.05) is 42.5 Å². The summed E-state index contributed by atoms with van der Waals surface area (Å²) >= 11 is 0. The Balaban J connectivity index is 1.46. The minimum absolute atomic E-state index is 0.0255. The van der Waals surface area contributed by atoms with Crippen LogP contribution in [0.1, 0.15) is 46.4 Å². The van der Waals surface area contributed by atoms with Gasteiger partial charge in [-0.3, -0.25) is 19.4 Å². The van der Waals surface area contributed by atoms with Crippen molar-refractivity contribution in [1.82, 2.24) is 10.3 Å². The van der Waals surface area contributed by atoms with Gasteiger partial charge in [-0.15, -0.1) is 0 Å². The van der Waals surface area contributed by atoms with Crippen LogP contribution in [-0.2, 0) is 16.0 Å². The van der Waals surface area contributed by atoms with Gasteiger partial charge in [-0.2, -0.15) is 0 Å². The van der Waals surface area contributed by atoms with Crippen LogP contribution in [0, 0.1) is 11.8 Å². The van der Waals surface area contributed by atoms with Crippen LogP contribution in [0.15, 0.2) is 72.9 Å². The number of rotatable bonds is 11. The molecule has 0 aliphatic carbocycles. The highest BCUT2D eigenvalue weighted by Crippen LogP contribution is 2.11. The van der Waals surface area contributed by atoms with E-state index in [2.05, 4.69) is 27.5 Å². The maximum Gasteiger partial charge on any atom is 0.251 e. The summed E-state index contributed by atoms with van der Waals surface area (Å²) < 4.78 is 0. The third-order valence-electron chi connectivity index (χ3n) is 5.57. The van der Waals surface area contributed by atoms with Gasteiger partial charge in [0.15, 0.2) is 5.78 Å². The number of aliphatic hydroxyl groups is 1. The van der Waals surface area contributed by atoms with Crippen LogP contribution in [0.2, 0.25) is 0 Å². The summed E-state index contributed by atoms with van der Waals surface area (Å²) in [7, 11) is 0. The topological polar surface area (TPSA) is 134 Å². The van der Waals surface area contributed by atoms with Crippen LogP contribution >= 0.6 is 0 Å². The fourth-order valence-electron chi connectivity index (χ4n) is 3.47. The first kappa shape index (κ1) is 27.3. The first-order chi connectivity index (χ1) is 18.0. The lowest BCUT2D eigenvalue weighted by atomic mass is 10.1. The Morgan fingerprint density at radius 1 is 0.919 bits per heavy atom. The van der Waals surface area contributed by atoms with E-state index in [0.717, 1.165) is 30.5 Å². The molecule has 190 valence electrons. The summed E-state index contributed by atoms with van der Waals surface area (Å²) in [5, 5.41) is 14.4. The number of carbonyl (C=O) groups excluding carboxylic acids is 3. The van der Waals surface area contributed by atoms with Gasteiger partial charge in [0.1, 0.15) is 12.6 Å². The van der Waals surface area contributed by atoms with Crippen LogP contribution < -0.4 is 16.4 Å². The van der Waals surface area contributed by atoms with Gasteiger partial charge in [-0.05, 0) is 79.9 Å². The number of aromatic nitrogens is 1. The molecule has 0 aliphatic heterocycles. The second-order valence-electron chi connectivity index (χ2n) is 8.37. The predicted molar refractivity (Wildman–Crippen MR) is 142 cm³/mol. The van der Waals surface area contributed by atoms with Crippen LogP contribution in [-0.4, -0.2) is 46.9 Å². The summed E-state index contributed by atoms with van der Waals surface area (Å²) in [6, 6.07) is 18.8. The minimum Gasteiger partial charge on any atom is -0.388 e. The summed E-state index contributed by atoms with van der Waals surface area (Å²) in [4.78, 5) is 40.4. The predicted octanol–water partition coefficient (Wildman–Crippen LogP) is 2.45. The van der Waals surface area contributed by atoms with E-state index >= 15 is 0 Å². The smallest absolute Gasteiger partial charge is 0.251 e. The lowest BCUT2D eigenvalue weighted by molar-refractivity contribution is -0.123. The summed E-state index contributed by atoms with van der Waals surface area (Å²) in [5.74, 6) is 5.06. The molecule has 0 bridgehead atoms. The fraction of sp³-hybridized carbons (Fsp3) is 0.241. The van der Waals surface area contributed by atoms with Gasteiger partial charge < -0.3 is 21.5 Å². The zero-order valence-electron chi connectivity index (χ0n) is 20.4. The van der Waals surface area contributed by atoms with Gasteiger partial charge in [0.25, 0.3) is 5.91 Å². The van der Waals surface area contributed by atoms with E-state index in [9.17, 15) is 14.4 Å². The number of aryl methyl sites for hydroxylation is 1. The largest absolute Gasteiger partial charge is 0.388 e. The molecule has 1 heterocycles. The average Bonchev–Trinajstić information content (AvgIpc) is 2.94. The second kappa shape index (κ2) is 14.3. The van der Waals surface area contributed by atoms with Crippen molar-refractivity contribution in [2.45, 2.75) is 31.7 Å². The van der Waals surface area contributed by atoms with E-state index < -0.39 is 24.3 Å². The van der Waals surface area contributed by atoms with Gasteiger partial charge in [0, 0.05) is 47.2 Å². The molecule has 2 amide bonds. The number of unbranched alkanes of at least 4 members (excludes halogenated alkanes) is 1. The molecule has 0 unspecified atom stereocenters. The zero-order valence-corrected chi connectivity index (χ0v) is 20.4. The number of nitrogens with zero attached hydrogens (tertiary/aromatic N) is 1. The van der Waals surface area contributed by atoms with Crippen LogP contribution in [0.4, 0.5) is 5.69 Å². The number of amides is 2. The Labute approximate surface area is 216 Å². The molecule has 0 spiro atoms. The molecule has 8 nitrogen and oxygen atoms in total. The summed E-state index contributed by atoms with van der Waals surface area (Å²) in [5.41, 5.74) is 9.08. The monoisotopic (exact) mass is 498 g/mol. The first-order valence-electron chi connectivity index (χ1n) is 12.0. The third-order valence-corrected chi connectivity index (χ3v) is 5.57. The highest BCUT2D eigenvalue weighted by atomic mass is 16.3. The number of pyridine rings is 1. The van der Waals surface area contributed by atoms with Gasteiger partial charge in [0.2, 0.25) is 5.91 Å². The number of nitrogens with two attached hydrogens (primary N) is 1. The molecule has 1 aromatic heterocycles. The van der Waals surface area contributed by atoms with Crippen LogP contribution in [0.25, 0.3) is 0 Å². The number of Topliss-reactive ketones (excluding diaryl/α,β-unsaturated/α-hetero) is 1. The first-order valence-corrected chi connectivity index (χ1v) is 12.0. The van der Waals surface area contributed by atoms with Gasteiger partial charge in [-0.1, -0.05) is 17.9 Å². The van der Waals surface area contributed by atoms with Crippen LogP contribution in [0.3, 0.4) is 0 Å². The number of carbonyl (C=O) groups is 3. The second-order valence-corrected chi connectivity index (χ2v) is 8.37. The van der Waals surface area contributed by atoms with Crippen molar-refractivity contribution in [2.75, 3.05) is 18.5 Å². The van der Waals surface area contributed by atoms with Crippen LogP contribution in [0.5, 0.6) is 0 Å². The average molecular weight is 499 g/mol. The molecule has 0 saturated carbocycles. The molecule has 0 aliphatic rings. The molecule has 0 saturated heterocycles. The normalized spacial score (nSPS) is 11.1. The molecule has 0 radical (unpaired) electrons. The minimum atomic E-state index is -0.929. The van der Waals surface area contributed by atoms with Crippen molar-refractivity contribution in [3.63, 3.8) is 0 Å². The summed E-state index contributed by atoms with van der Waals surface area (Å²) in [6.45, 7) is -0.777. The van der Waals surface area contributed by atoms with Crippen molar-refractivity contribution >= 4 is 23.3 Å². The molecule has 37 heavy (non-hydrogen) atoms. The molecule has 0 fully saturated rings. The molecular weight excluding hydrogens is 468 g/mol. The quantitative estimate of drug-likeness (QED) is 0.237. The van der Waals surface area contributed by atoms with Gasteiger partial charge in [0.05, 0.1) is 0 Å². The Morgan fingerprint density at radius 2 is 1.59 bits per heavy atom. The highest BCUT2D eigenvalue weighted by molar-refractivity contribution is 5.98. The lowest BCUT2D eigenvalue weighted by Gasteiger charge is -2.14. The Bertz CT molecular complexity index is 1250. The maximum absolute atomic E-state index is 12.3. The number of ketones is 1. The Morgan fingerprint density at radius 3 is 2.19 bits per heavy atom. The van der Waals surface area contributed by atoms with Crippen molar-refractivity contribution < 1.29 is 19.5 Å². The van der Waals surface area contributed by atoms with Crippen molar-refractivity contribution in [2.24, 2.45) is 5.73 Å². The number of anilines is 1. The lowest BCUT2D eigenvalue weighted by Crippen LogP contribution is -2.46. The molecule has 3 aromatic rings. The summed E-state index contributed by atoms with van der Waals surface area (Å²) in [6.07, 6.45) is 4.78. The molecule has 5 N–H and O–H groups in total. The van der Waals surface area contributed by atoms with E-state index in [4.69, 9.17) is 10.8 Å². The fourth-order valence-corrected chi connectivity index (χ4v) is 3.47.